The van der Waals surface area contributed by atoms with Gasteiger partial charge in [-0.15, -0.1) is 0 Å². The Labute approximate surface area is 148 Å². The molecule has 3 atom stereocenters. The monoisotopic (exact) mass is 415 g/mol. The SMILES string of the molecule is N[C@]1(CO)[C@H](c2ccc(Br)cc2)[C@H]1S(=O)(=O)c1ccc(Cl)cc1. The zero-order valence-corrected chi connectivity index (χ0v) is 15.1. The first-order valence-electron chi connectivity index (χ1n) is 6.95. The van der Waals surface area contributed by atoms with Crippen LogP contribution in [0.1, 0.15) is 11.5 Å². The summed E-state index contributed by atoms with van der Waals surface area (Å²) in [6.45, 7) is -0.398. The van der Waals surface area contributed by atoms with E-state index in [4.69, 9.17) is 17.3 Å². The Kier molecular flexibility index (Phi) is 4.31. The van der Waals surface area contributed by atoms with Gasteiger partial charge in [0.05, 0.1) is 22.3 Å². The molecule has 0 unspecified atom stereocenters. The number of halogens is 2. The Balaban J connectivity index is 2.01. The summed E-state index contributed by atoms with van der Waals surface area (Å²) in [7, 11) is -3.67. The fourth-order valence-electron chi connectivity index (χ4n) is 3.01. The van der Waals surface area contributed by atoms with Crippen molar-refractivity contribution < 1.29 is 13.5 Å². The first kappa shape index (κ1) is 16.9. The molecule has 1 aliphatic carbocycles. The van der Waals surface area contributed by atoms with Gasteiger partial charge in [0, 0.05) is 15.4 Å². The van der Waals surface area contributed by atoms with Gasteiger partial charge in [-0.2, -0.15) is 0 Å². The predicted octanol–water partition coefficient (Wildman–Crippen LogP) is 2.73. The number of nitrogens with two attached hydrogens (primary N) is 1. The van der Waals surface area contributed by atoms with E-state index in [9.17, 15) is 13.5 Å². The molecule has 0 spiro atoms. The third kappa shape index (κ3) is 2.83. The van der Waals surface area contributed by atoms with Crippen LogP contribution in [0.5, 0.6) is 0 Å². The minimum absolute atomic E-state index is 0.162. The largest absolute Gasteiger partial charge is 0.394 e. The van der Waals surface area contributed by atoms with E-state index in [1.54, 1.807) is 0 Å². The fourth-order valence-corrected chi connectivity index (χ4v) is 5.69. The second kappa shape index (κ2) is 5.86. The Morgan fingerprint density at radius 2 is 1.70 bits per heavy atom. The van der Waals surface area contributed by atoms with Crippen molar-refractivity contribution in [1.29, 1.82) is 0 Å². The summed E-state index contributed by atoms with van der Waals surface area (Å²) in [5.41, 5.74) is 5.81. The minimum atomic E-state index is -3.67. The number of rotatable bonds is 4. The zero-order valence-electron chi connectivity index (χ0n) is 12.0. The predicted molar refractivity (Wildman–Crippen MR) is 93.3 cm³/mol. The molecule has 1 aliphatic rings. The van der Waals surface area contributed by atoms with Crippen molar-refractivity contribution in [3.8, 4) is 0 Å². The Hall–Kier alpha value is -0.920. The maximum absolute atomic E-state index is 12.9. The smallest absolute Gasteiger partial charge is 0.183 e. The van der Waals surface area contributed by atoms with Crippen molar-refractivity contribution >= 4 is 37.4 Å². The van der Waals surface area contributed by atoms with Crippen LogP contribution >= 0.6 is 27.5 Å². The molecule has 4 nitrogen and oxygen atoms in total. The van der Waals surface area contributed by atoms with Gasteiger partial charge in [-0.25, -0.2) is 8.42 Å². The van der Waals surface area contributed by atoms with Crippen LogP contribution in [-0.4, -0.2) is 30.9 Å². The van der Waals surface area contributed by atoms with E-state index in [0.717, 1.165) is 10.0 Å². The molecule has 0 radical (unpaired) electrons. The molecular formula is C16H15BrClNO3S. The number of sulfone groups is 1. The number of aliphatic hydroxyl groups excluding tert-OH is 1. The van der Waals surface area contributed by atoms with Crippen molar-refractivity contribution in [3.63, 3.8) is 0 Å². The highest BCUT2D eigenvalue weighted by molar-refractivity contribution is 9.10. The van der Waals surface area contributed by atoms with Crippen LogP contribution in [0.15, 0.2) is 57.9 Å². The molecule has 3 rings (SSSR count). The summed E-state index contributed by atoms with van der Waals surface area (Å²) in [4.78, 5) is 0.162. The van der Waals surface area contributed by atoms with Gasteiger partial charge >= 0.3 is 0 Å². The molecule has 0 amide bonds. The molecule has 2 aromatic rings. The van der Waals surface area contributed by atoms with Crippen LogP contribution in [0.25, 0.3) is 0 Å². The third-order valence-corrected chi connectivity index (χ3v) is 7.37. The highest BCUT2D eigenvalue weighted by Gasteiger charge is 2.69. The Bertz CT molecular complexity index is 823. The number of hydrogen-bond donors (Lipinski definition) is 2. The first-order chi connectivity index (χ1) is 10.8. The van der Waals surface area contributed by atoms with Crippen LogP contribution in [0.4, 0.5) is 0 Å². The van der Waals surface area contributed by atoms with Gasteiger partial charge in [0.1, 0.15) is 0 Å². The van der Waals surface area contributed by atoms with Gasteiger partial charge in [0.2, 0.25) is 0 Å². The van der Waals surface area contributed by atoms with E-state index in [-0.39, 0.29) is 4.90 Å². The van der Waals surface area contributed by atoms with E-state index in [0.29, 0.717) is 5.02 Å². The third-order valence-electron chi connectivity index (χ3n) is 4.28. The molecule has 0 aliphatic heterocycles. The van der Waals surface area contributed by atoms with Crippen LogP contribution < -0.4 is 5.73 Å². The van der Waals surface area contributed by atoms with Crippen molar-refractivity contribution in [3.05, 3.63) is 63.6 Å². The van der Waals surface area contributed by atoms with Crippen LogP contribution in [0.3, 0.4) is 0 Å². The zero-order chi connectivity index (χ0) is 16.8. The van der Waals surface area contributed by atoms with E-state index in [1.807, 2.05) is 24.3 Å². The number of hydrogen-bond acceptors (Lipinski definition) is 4. The minimum Gasteiger partial charge on any atom is -0.394 e. The van der Waals surface area contributed by atoms with E-state index in [1.165, 1.54) is 24.3 Å². The van der Waals surface area contributed by atoms with Crippen molar-refractivity contribution in [2.24, 2.45) is 5.73 Å². The molecule has 7 heteroatoms. The molecule has 0 aromatic heterocycles. The number of benzene rings is 2. The van der Waals surface area contributed by atoms with Gasteiger partial charge in [-0.1, -0.05) is 39.7 Å². The van der Waals surface area contributed by atoms with E-state index < -0.39 is 33.2 Å². The molecule has 122 valence electrons. The van der Waals surface area contributed by atoms with Crippen LogP contribution in [-0.2, 0) is 9.84 Å². The fraction of sp³-hybridized carbons (Fsp3) is 0.250. The molecule has 23 heavy (non-hydrogen) atoms. The summed E-state index contributed by atoms with van der Waals surface area (Å²) < 4.78 is 26.7. The van der Waals surface area contributed by atoms with Crippen molar-refractivity contribution in [2.75, 3.05) is 6.61 Å². The standard InChI is InChI=1S/C16H15BrClNO3S/c17-11-3-1-10(2-4-11)14-15(16(14,19)9-20)23(21,22)13-7-5-12(18)6-8-13/h1-8,14-15,20H,9,19H2/t14-,15-,16-/m1/s1. The molecule has 0 heterocycles. The lowest BCUT2D eigenvalue weighted by Gasteiger charge is -2.08. The van der Waals surface area contributed by atoms with Gasteiger partial charge in [-0.05, 0) is 42.0 Å². The molecule has 1 saturated carbocycles. The summed E-state index contributed by atoms with van der Waals surface area (Å²) in [6.07, 6.45) is 0. The van der Waals surface area contributed by atoms with Crippen LogP contribution in [0, 0.1) is 0 Å². The van der Waals surface area contributed by atoms with E-state index >= 15 is 0 Å². The average Bonchev–Trinajstić information content (AvgIpc) is 3.16. The highest BCUT2D eigenvalue weighted by Crippen LogP contribution is 2.55. The first-order valence-corrected chi connectivity index (χ1v) is 9.67. The topological polar surface area (TPSA) is 80.4 Å². The summed E-state index contributed by atoms with van der Waals surface area (Å²) in [6, 6.07) is 13.3. The lowest BCUT2D eigenvalue weighted by molar-refractivity contribution is 0.253. The Morgan fingerprint density at radius 1 is 1.13 bits per heavy atom. The maximum Gasteiger partial charge on any atom is 0.183 e. The lowest BCUT2D eigenvalue weighted by Crippen LogP contribution is -2.35. The summed E-state index contributed by atoms with van der Waals surface area (Å²) in [5.74, 6) is -0.443. The second-order valence-corrected chi connectivity index (χ2v) is 9.14. The Morgan fingerprint density at radius 3 is 2.22 bits per heavy atom. The van der Waals surface area contributed by atoms with Gasteiger partial charge in [0.25, 0.3) is 0 Å². The highest BCUT2D eigenvalue weighted by atomic mass is 79.9. The lowest BCUT2D eigenvalue weighted by atomic mass is 10.1. The number of aliphatic hydroxyl groups is 1. The van der Waals surface area contributed by atoms with E-state index in [2.05, 4.69) is 15.9 Å². The van der Waals surface area contributed by atoms with Crippen molar-refractivity contribution in [1.82, 2.24) is 0 Å². The van der Waals surface area contributed by atoms with Gasteiger partial charge < -0.3 is 10.8 Å². The summed E-state index contributed by atoms with van der Waals surface area (Å²) in [5, 5.41) is 9.26. The maximum atomic E-state index is 12.9. The van der Waals surface area contributed by atoms with Gasteiger partial charge in [-0.3, -0.25) is 0 Å². The second-order valence-electron chi connectivity index (χ2n) is 5.72. The van der Waals surface area contributed by atoms with Crippen molar-refractivity contribution in [2.45, 2.75) is 21.6 Å². The van der Waals surface area contributed by atoms with Crippen LogP contribution in [0.2, 0.25) is 5.02 Å². The molecular weight excluding hydrogens is 402 g/mol. The molecule has 0 saturated heterocycles. The molecule has 1 fully saturated rings. The van der Waals surface area contributed by atoms with Gasteiger partial charge in [0.15, 0.2) is 9.84 Å². The molecule has 0 bridgehead atoms. The average molecular weight is 417 g/mol. The quantitative estimate of drug-likeness (QED) is 0.803. The normalized spacial score (nSPS) is 27.0. The molecule has 3 N–H and O–H groups in total. The molecule has 2 aromatic carbocycles. The summed E-state index contributed by atoms with van der Waals surface area (Å²) >= 11 is 9.16.